The largest absolute Gasteiger partial charge is 0.588 e. The number of benzene rings is 3. The van der Waals surface area contributed by atoms with Crippen LogP contribution in [0.3, 0.4) is 0 Å². The van der Waals surface area contributed by atoms with Crippen molar-refractivity contribution in [2.75, 3.05) is 4.72 Å². The van der Waals surface area contributed by atoms with Gasteiger partial charge in [0.25, 0.3) is 5.91 Å². The van der Waals surface area contributed by atoms with Crippen molar-refractivity contribution in [3.63, 3.8) is 0 Å². The average Bonchev–Trinajstić information content (AvgIpc) is 2.68. The number of halogens is 4. The predicted octanol–water partition coefficient (Wildman–Crippen LogP) is 5.38. The summed E-state index contributed by atoms with van der Waals surface area (Å²) in [4.78, 5) is 12.5. The molecular weight excluding hydrogens is 437 g/mol. The molecule has 1 amide bonds. The van der Waals surface area contributed by atoms with Crippen molar-refractivity contribution in [1.29, 1.82) is 0 Å². The average molecular weight is 453 g/mol. The van der Waals surface area contributed by atoms with Gasteiger partial charge in [0.05, 0.1) is 17.3 Å². The molecular formula is C21H16ClF3N2O2S. The molecule has 0 spiro atoms. The van der Waals surface area contributed by atoms with E-state index in [4.69, 9.17) is 11.6 Å². The number of hydrogen-bond acceptors (Lipinski definition) is 3. The van der Waals surface area contributed by atoms with Crippen LogP contribution >= 0.6 is 11.6 Å². The van der Waals surface area contributed by atoms with Crippen LogP contribution in [0.5, 0.6) is 0 Å². The monoisotopic (exact) mass is 452 g/mol. The number of anilines is 1. The van der Waals surface area contributed by atoms with Crippen LogP contribution in [-0.2, 0) is 11.4 Å². The Hall–Kier alpha value is -2.68. The van der Waals surface area contributed by atoms with Crippen LogP contribution in [-0.4, -0.2) is 10.5 Å². The van der Waals surface area contributed by atoms with Crippen molar-refractivity contribution < 1.29 is 22.5 Å². The van der Waals surface area contributed by atoms with Crippen molar-refractivity contribution >= 4 is 34.6 Å². The third kappa shape index (κ3) is 5.27. The van der Waals surface area contributed by atoms with E-state index in [1.807, 2.05) is 0 Å². The van der Waals surface area contributed by atoms with E-state index in [1.54, 1.807) is 19.1 Å². The molecule has 3 aromatic carbocycles. The number of rotatable bonds is 6. The lowest BCUT2D eigenvalue weighted by Gasteiger charge is -2.18. The highest BCUT2D eigenvalue weighted by Crippen LogP contribution is 2.26. The van der Waals surface area contributed by atoms with E-state index in [9.17, 15) is 22.5 Å². The van der Waals surface area contributed by atoms with E-state index in [0.717, 1.165) is 12.1 Å². The van der Waals surface area contributed by atoms with Crippen molar-refractivity contribution in [2.45, 2.75) is 17.9 Å². The van der Waals surface area contributed by atoms with Gasteiger partial charge in [-0.2, -0.15) is 0 Å². The van der Waals surface area contributed by atoms with Gasteiger partial charge in [0.15, 0.2) is 5.82 Å². The summed E-state index contributed by atoms with van der Waals surface area (Å²) < 4.78 is 55.2. The molecule has 2 unspecified atom stereocenters. The van der Waals surface area contributed by atoms with E-state index in [0.29, 0.717) is 11.6 Å². The van der Waals surface area contributed by atoms with E-state index in [2.05, 4.69) is 10.0 Å². The van der Waals surface area contributed by atoms with E-state index in [-0.39, 0.29) is 21.2 Å². The fraction of sp³-hybridized carbons (Fsp3) is 0.0952. The quantitative estimate of drug-likeness (QED) is 0.493. The summed E-state index contributed by atoms with van der Waals surface area (Å²) in [5.41, 5.74) is 0.905. The molecule has 0 fully saturated rings. The zero-order chi connectivity index (χ0) is 21.8. The second-order valence-corrected chi connectivity index (χ2v) is 8.00. The fourth-order valence-electron chi connectivity index (χ4n) is 2.69. The van der Waals surface area contributed by atoms with Crippen molar-refractivity contribution in [3.05, 3.63) is 94.3 Å². The highest BCUT2D eigenvalue weighted by Gasteiger charge is 2.22. The van der Waals surface area contributed by atoms with Crippen LogP contribution in [0.2, 0.25) is 5.02 Å². The first-order valence-corrected chi connectivity index (χ1v) is 10.3. The van der Waals surface area contributed by atoms with E-state index < -0.39 is 40.8 Å². The van der Waals surface area contributed by atoms with Crippen LogP contribution in [0.4, 0.5) is 18.9 Å². The molecule has 0 aliphatic rings. The number of hydrogen-bond donors (Lipinski definition) is 2. The maximum absolute atomic E-state index is 13.9. The van der Waals surface area contributed by atoms with Crippen LogP contribution in [0, 0.1) is 17.5 Å². The molecule has 0 heterocycles. The maximum Gasteiger partial charge on any atom is 0.254 e. The van der Waals surface area contributed by atoms with Gasteiger partial charge in [0.1, 0.15) is 23.0 Å². The zero-order valence-electron chi connectivity index (χ0n) is 15.6. The van der Waals surface area contributed by atoms with Crippen LogP contribution < -0.4 is 10.0 Å². The standard InChI is InChI=1S/C21H16ClF3N2O2S/c1-12(13-2-5-15(23)6-3-13)26-21(28)17-8-4-14(22)10-19(17)27-30(29)20-9-7-16(24)11-18(20)25/h2-12,27H,1H3,(H,26,28). The summed E-state index contributed by atoms with van der Waals surface area (Å²) in [6.07, 6.45) is 0. The Morgan fingerprint density at radius 1 is 1.00 bits per heavy atom. The van der Waals surface area contributed by atoms with Gasteiger partial charge < -0.3 is 9.87 Å². The van der Waals surface area contributed by atoms with Crippen LogP contribution in [0.1, 0.15) is 28.9 Å². The lowest BCUT2D eigenvalue weighted by atomic mass is 10.1. The van der Waals surface area contributed by atoms with Gasteiger partial charge in [-0.25, -0.2) is 17.9 Å². The van der Waals surface area contributed by atoms with Crippen LogP contribution in [0.15, 0.2) is 65.6 Å². The molecule has 3 aromatic rings. The summed E-state index contributed by atoms with van der Waals surface area (Å²) in [6, 6.07) is 12.2. The Bertz CT molecular complexity index is 1070. The molecule has 4 nitrogen and oxygen atoms in total. The first kappa shape index (κ1) is 22.0. The first-order chi connectivity index (χ1) is 14.2. The summed E-state index contributed by atoms with van der Waals surface area (Å²) in [7, 11) is 0. The van der Waals surface area contributed by atoms with E-state index >= 15 is 0 Å². The SMILES string of the molecule is CC(NC(=O)c1ccc(Cl)cc1N[S+]([O-])c1ccc(F)cc1F)c1ccc(F)cc1. The van der Waals surface area contributed by atoms with Crippen LogP contribution in [0.25, 0.3) is 0 Å². The Kier molecular flexibility index (Phi) is 6.91. The highest BCUT2D eigenvalue weighted by atomic mass is 35.5. The maximum atomic E-state index is 13.9. The molecule has 0 aromatic heterocycles. The second-order valence-electron chi connectivity index (χ2n) is 6.38. The molecule has 0 saturated carbocycles. The van der Waals surface area contributed by atoms with Gasteiger partial charge >= 0.3 is 0 Å². The summed E-state index contributed by atoms with van der Waals surface area (Å²) in [6.45, 7) is 1.72. The smallest absolute Gasteiger partial charge is 0.254 e. The molecule has 2 N–H and O–H groups in total. The third-order valence-electron chi connectivity index (χ3n) is 4.24. The number of carbonyl (C=O) groups is 1. The predicted molar refractivity (Wildman–Crippen MR) is 110 cm³/mol. The van der Waals surface area contributed by atoms with Gasteiger partial charge in [-0.1, -0.05) is 23.7 Å². The van der Waals surface area contributed by atoms with E-state index in [1.165, 1.54) is 30.3 Å². The molecule has 0 saturated heterocycles. The minimum absolute atomic E-state index is 0.105. The number of nitrogens with one attached hydrogen (secondary N) is 2. The number of amides is 1. The minimum Gasteiger partial charge on any atom is -0.588 e. The Morgan fingerprint density at radius 2 is 1.67 bits per heavy atom. The topological polar surface area (TPSA) is 64.2 Å². The number of carbonyl (C=O) groups excluding carboxylic acids is 1. The summed E-state index contributed by atoms with van der Waals surface area (Å²) in [5.74, 6) is -2.69. The lowest BCUT2D eigenvalue weighted by molar-refractivity contribution is 0.0941. The fourth-order valence-corrected chi connectivity index (χ4v) is 3.77. The van der Waals surface area contributed by atoms with Gasteiger partial charge in [0, 0.05) is 17.2 Å². The Morgan fingerprint density at radius 3 is 2.33 bits per heavy atom. The minimum atomic E-state index is -2.11. The molecule has 156 valence electrons. The van der Waals surface area contributed by atoms with Crippen molar-refractivity contribution in [3.8, 4) is 0 Å². The molecule has 30 heavy (non-hydrogen) atoms. The lowest BCUT2D eigenvalue weighted by Crippen LogP contribution is -2.28. The second kappa shape index (κ2) is 9.42. The Balaban J connectivity index is 1.82. The molecule has 2 atom stereocenters. The molecule has 3 rings (SSSR count). The van der Waals surface area contributed by atoms with Gasteiger partial charge in [-0.05, 0) is 48.9 Å². The zero-order valence-corrected chi connectivity index (χ0v) is 17.2. The van der Waals surface area contributed by atoms with Crippen molar-refractivity contribution in [2.24, 2.45) is 0 Å². The van der Waals surface area contributed by atoms with Gasteiger partial charge in [-0.15, -0.1) is 0 Å². The summed E-state index contributed by atoms with van der Waals surface area (Å²) in [5, 5.41) is 3.02. The Labute approximate surface area is 179 Å². The van der Waals surface area contributed by atoms with Gasteiger partial charge in [0.2, 0.25) is 4.90 Å². The highest BCUT2D eigenvalue weighted by molar-refractivity contribution is 7.92. The first-order valence-electron chi connectivity index (χ1n) is 8.74. The molecule has 0 aliphatic heterocycles. The van der Waals surface area contributed by atoms with Gasteiger partial charge in [-0.3, -0.25) is 4.79 Å². The molecule has 0 aliphatic carbocycles. The molecule has 0 radical (unpaired) electrons. The summed E-state index contributed by atoms with van der Waals surface area (Å²) >= 11 is 3.88. The van der Waals surface area contributed by atoms with Crippen molar-refractivity contribution in [1.82, 2.24) is 5.32 Å². The molecule has 9 heteroatoms. The molecule has 0 bridgehead atoms. The third-order valence-corrected chi connectivity index (χ3v) is 5.61. The normalized spacial score (nSPS) is 12.9.